The van der Waals surface area contributed by atoms with E-state index in [9.17, 15) is 0 Å². The van der Waals surface area contributed by atoms with Crippen LogP contribution in [0.3, 0.4) is 0 Å². The second-order valence-electron chi connectivity index (χ2n) is 6.27. The molecule has 1 aliphatic rings. The van der Waals surface area contributed by atoms with Crippen molar-refractivity contribution >= 4 is 0 Å². The van der Waals surface area contributed by atoms with Crippen LogP contribution in [0.2, 0.25) is 0 Å². The number of hydrogen-bond acceptors (Lipinski definition) is 3. The van der Waals surface area contributed by atoms with Crippen molar-refractivity contribution in [3.8, 4) is 0 Å². The Labute approximate surface area is 133 Å². The number of benzene rings is 1. The van der Waals surface area contributed by atoms with Crippen molar-refractivity contribution < 1.29 is 4.52 Å². The Morgan fingerprint density at radius 3 is 2.68 bits per heavy atom. The molecule has 0 amide bonds. The molecular weight excluding hydrogens is 272 g/mol. The molecule has 22 heavy (non-hydrogen) atoms. The number of aromatic nitrogens is 1. The highest BCUT2D eigenvalue weighted by atomic mass is 16.5. The molecule has 1 atom stereocenters. The molecule has 0 bridgehead atoms. The molecule has 118 valence electrons. The van der Waals surface area contributed by atoms with Crippen LogP contribution >= 0.6 is 0 Å². The molecule has 3 rings (SSSR count). The van der Waals surface area contributed by atoms with Gasteiger partial charge in [-0.05, 0) is 43.4 Å². The minimum atomic E-state index is 0.417. The van der Waals surface area contributed by atoms with Crippen LogP contribution < -0.4 is 0 Å². The van der Waals surface area contributed by atoms with Crippen molar-refractivity contribution in [3.63, 3.8) is 0 Å². The SMILES string of the molecule is CCCc1cc([C@@H]2CCCN2Cc2ccc(CC)cc2)no1. The number of hydrogen-bond donors (Lipinski definition) is 0. The Kier molecular flexibility index (Phi) is 4.94. The van der Waals surface area contributed by atoms with Gasteiger partial charge in [-0.2, -0.15) is 0 Å². The first-order chi connectivity index (χ1) is 10.8. The van der Waals surface area contributed by atoms with Gasteiger partial charge in [-0.3, -0.25) is 4.90 Å². The minimum Gasteiger partial charge on any atom is -0.361 e. The Hall–Kier alpha value is -1.61. The summed E-state index contributed by atoms with van der Waals surface area (Å²) >= 11 is 0. The van der Waals surface area contributed by atoms with Crippen LogP contribution in [-0.2, 0) is 19.4 Å². The van der Waals surface area contributed by atoms with Gasteiger partial charge in [0.15, 0.2) is 0 Å². The van der Waals surface area contributed by atoms with Gasteiger partial charge in [-0.25, -0.2) is 0 Å². The summed E-state index contributed by atoms with van der Waals surface area (Å²) in [6.07, 6.45) is 5.62. The fourth-order valence-electron chi connectivity index (χ4n) is 3.32. The van der Waals surface area contributed by atoms with Crippen LogP contribution in [0, 0.1) is 0 Å². The van der Waals surface area contributed by atoms with E-state index >= 15 is 0 Å². The number of likely N-dealkylation sites (tertiary alicyclic amines) is 1. The Bertz CT molecular complexity index is 588. The molecule has 0 N–H and O–H groups in total. The van der Waals surface area contributed by atoms with E-state index in [0.29, 0.717) is 6.04 Å². The summed E-state index contributed by atoms with van der Waals surface area (Å²) < 4.78 is 5.47. The van der Waals surface area contributed by atoms with Crippen molar-refractivity contribution in [1.82, 2.24) is 10.1 Å². The summed E-state index contributed by atoms with van der Waals surface area (Å²) in [5.74, 6) is 1.02. The van der Waals surface area contributed by atoms with Crippen LogP contribution in [-0.4, -0.2) is 16.6 Å². The molecule has 0 unspecified atom stereocenters. The predicted octanol–water partition coefficient (Wildman–Crippen LogP) is 4.53. The maximum Gasteiger partial charge on any atom is 0.137 e. The van der Waals surface area contributed by atoms with E-state index in [2.05, 4.69) is 54.2 Å². The summed E-state index contributed by atoms with van der Waals surface area (Å²) in [6, 6.07) is 11.6. The molecule has 1 fully saturated rings. The van der Waals surface area contributed by atoms with Gasteiger partial charge in [0.1, 0.15) is 11.5 Å². The number of rotatable bonds is 6. The van der Waals surface area contributed by atoms with Gasteiger partial charge in [0.25, 0.3) is 0 Å². The molecular formula is C19H26N2O. The second kappa shape index (κ2) is 7.10. The van der Waals surface area contributed by atoms with Crippen molar-refractivity contribution in [2.45, 2.75) is 58.5 Å². The first-order valence-electron chi connectivity index (χ1n) is 8.57. The lowest BCUT2D eigenvalue weighted by atomic mass is 10.1. The molecule has 0 radical (unpaired) electrons. The fourth-order valence-corrected chi connectivity index (χ4v) is 3.32. The van der Waals surface area contributed by atoms with E-state index in [4.69, 9.17) is 4.52 Å². The van der Waals surface area contributed by atoms with E-state index < -0.39 is 0 Å². The lowest BCUT2D eigenvalue weighted by Gasteiger charge is -2.22. The molecule has 2 aromatic rings. The molecule has 0 aliphatic carbocycles. The van der Waals surface area contributed by atoms with E-state index in [1.807, 2.05) is 0 Å². The van der Waals surface area contributed by atoms with Crippen LogP contribution in [0.4, 0.5) is 0 Å². The summed E-state index contributed by atoms with van der Waals surface area (Å²) in [7, 11) is 0. The zero-order valence-electron chi connectivity index (χ0n) is 13.7. The first kappa shape index (κ1) is 15.3. The van der Waals surface area contributed by atoms with Crippen molar-refractivity contribution in [2.75, 3.05) is 6.54 Å². The van der Waals surface area contributed by atoms with Gasteiger partial charge in [-0.15, -0.1) is 0 Å². The Morgan fingerprint density at radius 1 is 1.18 bits per heavy atom. The quantitative estimate of drug-likeness (QED) is 0.785. The highest BCUT2D eigenvalue weighted by molar-refractivity contribution is 5.23. The van der Waals surface area contributed by atoms with Gasteiger partial charge in [0.05, 0.1) is 6.04 Å². The summed E-state index contributed by atoms with van der Waals surface area (Å²) in [5, 5.41) is 4.32. The van der Waals surface area contributed by atoms with Crippen molar-refractivity contribution in [1.29, 1.82) is 0 Å². The fraction of sp³-hybridized carbons (Fsp3) is 0.526. The Morgan fingerprint density at radius 2 is 1.95 bits per heavy atom. The average molecular weight is 298 g/mol. The van der Waals surface area contributed by atoms with E-state index in [1.165, 1.54) is 24.0 Å². The molecule has 1 saturated heterocycles. The van der Waals surface area contributed by atoms with Crippen LogP contribution in [0.1, 0.15) is 61.7 Å². The lowest BCUT2D eigenvalue weighted by Crippen LogP contribution is -2.23. The average Bonchev–Trinajstić information content (AvgIpc) is 3.17. The first-order valence-corrected chi connectivity index (χ1v) is 8.57. The summed E-state index contributed by atoms with van der Waals surface area (Å²) in [5.41, 5.74) is 3.91. The highest BCUT2D eigenvalue weighted by Gasteiger charge is 2.28. The molecule has 1 aromatic heterocycles. The topological polar surface area (TPSA) is 29.3 Å². The van der Waals surface area contributed by atoms with Crippen LogP contribution in [0.15, 0.2) is 34.9 Å². The molecule has 0 spiro atoms. The maximum absolute atomic E-state index is 5.47. The van der Waals surface area contributed by atoms with Crippen LogP contribution in [0.25, 0.3) is 0 Å². The lowest BCUT2D eigenvalue weighted by molar-refractivity contribution is 0.236. The third-order valence-corrected chi connectivity index (χ3v) is 4.60. The summed E-state index contributed by atoms with van der Waals surface area (Å²) in [4.78, 5) is 2.54. The normalized spacial score (nSPS) is 18.9. The maximum atomic E-state index is 5.47. The number of nitrogens with zero attached hydrogens (tertiary/aromatic N) is 2. The third-order valence-electron chi connectivity index (χ3n) is 4.60. The largest absolute Gasteiger partial charge is 0.361 e. The van der Waals surface area contributed by atoms with Crippen LogP contribution in [0.5, 0.6) is 0 Å². The standard InChI is InChI=1S/C19H26N2O/c1-3-6-17-13-18(20-22-17)19-7-5-12-21(19)14-16-10-8-15(4-2)9-11-16/h8-11,13,19H,3-7,12,14H2,1-2H3/t19-/m0/s1. The van der Waals surface area contributed by atoms with Crippen molar-refractivity contribution in [2.24, 2.45) is 0 Å². The monoisotopic (exact) mass is 298 g/mol. The minimum absolute atomic E-state index is 0.417. The van der Waals surface area contributed by atoms with E-state index in [-0.39, 0.29) is 0 Å². The summed E-state index contributed by atoms with van der Waals surface area (Å²) in [6.45, 7) is 6.52. The molecule has 3 heteroatoms. The predicted molar refractivity (Wildman–Crippen MR) is 88.7 cm³/mol. The highest BCUT2D eigenvalue weighted by Crippen LogP contribution is 2.33. The van der Waals surface area contributed by atoms with Gasteiger partial charge in [0, 0.05) is 19.0 Å². The van der Waals surface area contributed by atoms with E-state index in [1.54, 1.807) is 0 Å². The number of aryl methyl sites for hydroxylation is 2. The second-order valence-corrected chi connectivity index (χ2v) is 6.27. The molecule has 3 nitrogen and oxygen atoms in total. The zero-order chi connectivity index (χ0) is 15.4. The molecule has 1 aromatic carbocycles. The van der Waals surface area contributed by atoms with Gasteiger partial charge < -0.3 is 4.52 Å². The van der Waals surface area contributed by atoms with Gasteiger partial charge in [0.2, 0.25) is 0 Å². The van der Waals surface area contributed by atoms with Crippen molar-refractivity contribution in [3.05, 3.63) is 52.9 Å². The smallest absolute Gasteiger partial charge is 0.137 e. The molecule has 0 saturated carbocycles. The van der Waals surface area contributed by atoms with E-state index in [0.717, 1.165) is 43.8 Å². The zero-order valence-corrected chi connectivity index (χ0v) is 13.7. The Balaban J connectivity index is 1.69. The third kappa shape index (κ3) is 3.41. The van der Waals surface area contributed by atoms with Gasteiger partial charge in [-0.1, -0.05) is 43.3 Å². The van der Waals surface area contributed by atoms with Gasteiger partial charge >= 0.3 is 0 Å². The molecule has 2 heterocycles. The molecule has 1 aliphatic heterocycles.